The van der Waals surface area contributed by atoms with Crippen LogP contribution in [0.5, 0.6) is 0 Å². The number of pyridine rings is 1. The largest absolute Gasteiger partial charge is 0.471 e. The van der Waals surface area contributed by atoms with E-state index in [1.54, 1.807) is 13.8 Å². The maximum atomic E-state index is 12.7. The standard InChI is InChI=1S/C13H13F3N2O3.C7H9N/c1-12(2)6-8-3-4-10(18(20)21)5-9(8)7-17(12)11(19)13(14,15)16;1-6-4-3-5-7(2)8-6/h3-5H,6-7H2,1-2H3;3-5H,1-2H3. The first-order chi connectivity index (χ1) is 13.3. The summed E-state index contributed by atoms with van der Waals surface area (Å²) in [5.41, 5.74) is 2.07. The number of nitro groups is 1. The number of benzene rings is 1. The second kappa shape index (κ2) is 8.18. The van der Waals surface area contributed by atoms with Crippen molar-refractivity contribution < 1.29 is 22.9 Å². The lowest BCUT2D eigenvalue weighted by atomic mass is 9.85. The Bertz CT molecular complexity index is 909. The molecule has 2 aromatic rings. The predicted molar refractivity (Wildman–Crippen MR) is 101 cm³/mol. The summed E-state index contributed by atoms with van der Waals surface area (Å²) in [7, 11) is 0. The van der Waals surface area contributed by atoms with Crippen LogP contribution in [0, 0.1) is 24.0 Å². The van der Waals surface area contributed by atoms with Crippen LogP contribution in [0.2, 0.25) is 0 Å². The summed E-state index contributed by atoms with van der Waals surface area (Å²) < 4.78 is 38.0. The molecule has 0 aliphatic carbocycles. The van der Waals surface area contributed by atoms with Crippen LogP contribution in [0.25, 0.3) is 0 Å². The van der Waals surface area contributed by atoms with Crippen LogP contribution in [0.4, 0.5) is 18.9 Å². The van der Waals surface area contributed by atoms with Crippen LogP contribution in [-0.4, -0.2) is 32.4 Å². The number of rotatable bonds is 1. The SMILES string of the molecule is CC1(C)Cc2ccc([N+](=O)[O-])cc2CN1C(=O)C(F)(F)F.Cc1cccc(C)n1. The molecular formula is C20H22F3N3O3. The van der Waals surface area contributed by atoms with Crippen LogP contribution in [0.1, 0.15) is 36.4 Å². The molecule has 3 rings (SSSR count). The Balaban J connectivity index is 0.000000313. The number of alkyl halides is 3. The van der Waals surface area contributed by atoms with Gasteiger partial charge in [-0.3, -0.25) is 19.9 Å². The van der Waals surface area contributed by atoms with E-state index in [0.717, 1.165) is 21.9 Å². The number of halogens is 3. The Kier molecular flexibility index (Phi) is 6.30. The number of fused-ring (bicyclic) bond motifs is 1. The number of carbonyl (C=O) groups is 1. The monoisotopic (exact) mass is 409 g/mol. The number of non-ortho nitro benzene ring substituents is 1. The van der Waals surface area contributed by atoms with Crippen molar-refractivity contribution in [2.45, 2.75) is 52.4 Å². The van der Waals surface area contributed by atoms with E-state index in [2.05, 4.69) is 4.98 Å². The van der Waals surface area contributed by atoms with Crippen LogP contribution in [0.15, 0.2) is 36.4 Å². The normalized spacial score (nSPS) is 15.1. The van der Waals surface area contributed by atoms with Gasteiger partial charge in [-0.05, 0) is 57.4 Å². The summed E-state index contributed by atoms with van der Waals surface area (Å²) in [5, 5.41) is 10.7. The minimum absolute atomic E-state index is 0.201. The molecule has 0 N–H and O–H groups in total. The second-order valence-corrected chi connectivity index (χ2v) is 7.51. The molecule has 0 atom stereocenters. The number of amides is 1. The van der Waals surface area contributed by atoms with Crippen LogP contribution >= 0.6 is 0 Å². The van der Waals surface area contributed by atoms with Crippen molar-refractivity contribution >= 4 is 11.6 Å². The van der Waals surface area contributed by atoms with Gasteiger partial charge in [-0.25, -0.2) is 0 Å². The smallest absolute Gasteiger partial charge is 0.325 e. The highest BCUT2D eigenvalue weighted by atomic mass is 19.4. The lowest BCUT2D eigenvalue weighted by Crippen LogP contribution is -2.55. The third kappa shape index (κ3) is 5.52. The molecule has 0 saturated carbocycles. The maximum absolute atomic E-state index is 12.7. The Hall–Kier alpha value is -2.97. The number of aromatic nitrogens is 1. The quantitative estimate of drug-likeness (QED) is 0.513. The maximum Gasteiger partial charge on any atom is 0.471 e. The predicted octanol–water partition coefficient (Wildman–Crippen LogP) is 4.52. The van der Waals surface area contributed by atoms with Gasteiger partial charge >= 0.3 is 12.1 Å². The number of hydrogen-bond acceptors (Lipinski definition) is 4. The van der Waals surface area contributed by atoms with Gasteiger partial charge in [0.05, 0.1) is 4.92 Å². The van der Waals surface area contributed by atoms with Crippen molar-refractivity contribution in [3.05, 3.63) is 69.0 Å². The van der Waals surface area contributed by atoms with Gasteiger partial charge in [-0.2, -0.15) is 13.2 Å². The first-order valence-corrected chi connectivity index (χ1v) is 8.86. The molecule has 0 unspecified atom stereocenters. The van der Waals surface area contributed by atoms with Gasteiger partial charge in [0, 0.05) is 35.6 Å². The van der Waals surface area contributed by atoms with Crippen molar-refractivity contribution in [3.8, 4) is 0 Å². The minimum atomic E-state index is -4.96. The average molecular weight is 409 g/mol. The van der Waals surface area contributed by atoms with Crippen molar-refractivity contribution in [2.24, 2.45) is 0 Å². The van der Waals surface area contributed by atoms with Gasteiger partial charge in [0.25, 0.3) is 5.69 Å². The molecule has 29 heavy (non-hydrogen) atoms. The molecule has 9 heteroatoms. The van der Waals surface area contributed by atoms with Gasteiger partial charge in [0.15, 0.2) is 0 Å². The third-order valence-corrected chi connectivity index (χ3v) is 4.60. The Morgan fingerprint density at radius 3 is 2.17 bits per heavy atom. The molecule has 2 heterocycles. The van der Waals surface area contributed by atoms with E-state index < -0.39 is 22.5 Å². The third-order valence-electron chi connectivity index (χ3n) is 4.60. The molecule has 0 radical (unpaired) electrons. The van der Waals surface area contributed by atoms with E-state index in [0.29, 0.717) is 5.56 Å². The molecule has 0 saturated heterocycles. The highest BCUT2D eigenvalue weighted by molar-refractivity contribution is 5.83. The zero-order chi connectivity index (χ0) is 22.0. The summed E-state index contributed by atoms with van der Waals surface area (Å²) in [4.78, 5) is 26.5. The first kappa shape index (κ1) is 22.3. The zero-order valence-electron chi connectivity index (χ0n) is 16.6. The lowest BCUT2D eigenvalue weighted by molar-refractivity contribution is -0.385. The molecule has 1 aliphatic rings. The molecule has 1 amide bonds. The number of nitrogens with zero attached hydrogens (tertiary/aromatic N) is 3. The van der Waals surface area contributed by atoms with E-state index in [-0.39, 0.29) is 18.7 Å². The van der Waals surface area contributed by atoms with Gasteiger partial charge in [-0.1, -0.05) is 12.1 Å². The Labute approximate surface area is 166 Å². The number of hydrogen-bond donors (Lipinski definition) is 0. The highest BCUT2D eigenvalue weighted by Crippen LogP contribution is 2.35. The van der Waals surface area contributed by atoms with Gasteiger partial charge < -0.3 is 4.90 Å². The minimum Gasteiger partial charge on any atom is -0.325 e. The summed E-state index contributed by atoms with van der Waals surface area (Å²) in [6.07, 6.45) is -4.75. The fourth-order valence-electron chi connectivity index (χ4n) is 3.17. The summed E-state index contributed by atoms with van der Waals surface area (Å²) in [6, 6.07) is 10.1. The number of aryl methyl sites for hydroxylation is 2. The highest BCUT2D eigenvalue weighted by Gasteiger charge is 2.48. The van der Waals surface area contributed by atoms with Crippen LogP contribution in [0.3, 0.4) is 0 Å². The fraction of sp³-hybridized carbons (Fsp3) is 0.400. The van der Waals surface area contributed by atoms with Crippen molar-refractivity contribution in [3.63, 3.8) is 0 Å². The van der Waals surface area contributed by atoms with E-state index in [4.69, 9.17) is 0 Å². The number of nitro benzene ring substituents is 1. The summed E-state index contributed by atoms with van der Waals surface area (Å²) in [6.45, 7) is 6.78. The first-order valence-electron chi connectivity index (χ1n) is 8.86. The summed E-state index contributed by atoms with van der Waals surface area (Å²) in [5.74, 6) is -1.93. The number of carbonyl (C=O) groups excluding carboxylic acids is 1. The van der Waals surface area contributed by atoms with Gasteiger partial charge in [-0.15, -0.1) is 0 Å². The average Bonchev–Trinajstić information content (AvgIpc) is 2.59. The van der Waals surface area contributed by atoms with Crippen molar-refractivity contribution in [1.82, 2.24) is 9.88 Å². The van der Waals surface area contributed by atoms with E-state index in [9.17, 15) is 28.1 Å². The summed E-state index contributed by atoms with van der Waals surface area (Å²) >= 11 is 0. The van der Waals surface area contributed by atoms with Gasteiger partial charge in [0.2, 0.25) is 0 Å². The molecule has 156 valence electrons. The molecule has 1 aliphatic heterocycles. The Morgan fingerprint density at radius 2 is 1.72 bits per heavy atom. The van der Waals surface area contributed by atoms with Crippen molar-refractivity contribution in [1.29, 1.82) is 0 Å². The topological polar surface area (TPSA) is 76.3 Å². The fourth-order valence-corrected chi connectivity index (χ4v) is 3.17. The lowest BCUT2D eigenvalue weighted by Gasteiger charge is -2.43. The molecule has 6 nitrogen and oxygen atoms in total. The van der Waals surface area contributed by atoms with E-state index >= 15 is 0 Å². The molecule has 0 bridgehead atoms. The van der Waals surface area contributed by atoms with Crippen LogP contribution in [-0.2, 0) is 17.8 Å². The second-order valence-electron chi connectivity index (χ2n) is 7.51. The molecule has 1 aromatic heterocycles. The van der Waals surface area contributed by atoms with Crippen LogP contribution < -0.4 is 0 Å². The van der Waals surface area contributed by atoms with E-state index in [1.165, 1.54) is 18.2 Å². The molecule has 0 spiro atoms. The Morgan fingerprint density at radius 1 is 1.14 bits per heavy atom. The van der Waals surface area contributed by atoms with E-state index in [1.807, 2.05) is 32.0 Å². The van der Waals surface area contributed by atoms with Gasteiger partial charge in [0.1, 0.15) is 0 Å². The zero-order valence-corrected chi connectivity index (χ0v) is 16.6. The molecular weight excluding hydrogens is 387 g/mol. The molecule has 1 aromatic carbocycles. The van der Waals surface area contributed by atoms with Crippen molar-refractivity contribution in [2.75, 3.05) is 0 Å². The molecule has 0 fully saturated rings.